The van der Waals surface area contributed by atoms with Gasteiger partial charge >= 0.3 is 6.03 Å². The van der Waals surface area contributed by atoms with E-state index in [1.807, 2.05) is 48.5 Å². The van der Waals surface area contributed by atoms with Gasteiger partial charge in [-0.3, -0.25) is 0 Å². The second-order valence-corrected chi connectivity index (χ2v) is 5.38. The molecule has 2 aromatic carbocycles. The van der Waals surface area contributed by atoms with Crippen LogP contribution in [0.4, 0.5) is 4.79 Å². The minimum atomic E-state index is -0.142. The molecule has 24 heavy (non-hydrogen) atoms. The van der Waals surface area contributed by atoms with Crippen LogP contribution in [0, 0.1) is 0 Å². The minimum Gasteiger partial charge on any atom is -0.497 e. The van der Waals surface area contributed by atoms with Gasteiger partial charge in [0, 0.05) is 13.1 Å². The number of ether oxygens (including phenoxy) is 2. The van der Waals surface area contributed by atoms with Crippen molar-refractivity contribution < 1.29 is 14.3 Å². The molecule has 0 spiro atoms. The number of hydrogen-bond acceptors (Lipinski definition) is 3. The summed E-state index contributed by atoms with van der Waals surface area (Å²) in [4.78, 5) is 11.8. The number of hydrogen-bond donors (Lipinski definition) is 2. The van der Waals surface area contributed by atoms with Gasteiger partial charge in [0.15, 0.2) is 0 Å². The van der Waals surface area contributed by atoms with Crippen LogP contribution >= 0.6 is 0 Å². The van der Waals surface area contributed by atoms with Crippen LogP contribution < -0.4 is 20.1 Å². The lowest BCUT2D eigenvalue weighted by atomic mass is 10.1. The number of rotatable bonds is 8. The maximum Gasteiger partial charge on any atom is 0.314 e. The van der Waals surface area contributed by atoms with Gasteiger partial charge in [-0.2, -0.15) is 0 Å². The van der Waals surface area contributed by atoms with Crippen molar-refractivity contribution in [3.63, 3.8) is 0 Å². The second-order valence-electron chi connectivity index (χ2n) is 5.38. The molecule has 0 saturated heterocycles. The highest BCUT2D eigenvalue weighted by molar-refractivity contribution is 5.73. The van der Waals surface area contributed by atoms with Gasteiger partial charge in [-0.05, 0) is 48.2 Å². The van der Waals surface area contributed by atoms with Crippen LogP contribution in [0.5, 0.6) is 11.5 Å². The number of carbonyl (C=O) groups is 1. The monoisotopic (exact) mass is 328 g/mol. The fourth-order valence-corrected chi connectivity index (χ4v) is 2.29. The molecular weight excluding hydrogens is 304 g/mol. The lowest BCUT2D eigenvalue weighted by molar-refractivity contribution is 0.241. The molecule has 0 unspecified atom stereocenters. The molecule has 0 atom stereocenters. The Labute approximate surface area is 143 Å². The van der Waals surface area contributed by atoms with Gasteiger partial charge in [0.1, 0.15) is 11.5 Å². The van der Waals surface area contributed by atoms with E-state index in [4.69, 9.17) is 9.47 Å². The number of nitrogens with one attached hydrogen (secondary N) is 2. The third-order valence-corrected chi connectivity index (χ3v) is 3.72. The van der Waals surface area contributed by atoms with Crippen molar-refractivity contribution >= 4 is 6.03 Å². The van der Waals surface area contributed by atoms with Gasteiger partial charge in [-0.1, -0.05) is 24.3 Å². The molecule has 0 saturated carbocycles. The van der Waals surface area contributed by atoms with E-state index in [-0.39, 0.29) is 6.03 Å². The summed E-state index contributed by atoms with van der Waals surface area (Å²) in [5.74, 6) is 1.67. The summed E-state index contributed by atoms with van der Waals surface area (Å²) in [6, 6.07) is 15.6. The van der Waals surface area contributed by atoms with Gasteiger partial charge in [-0.25, -0.2) is 4.79 Å². The fourth-order valence-electron chi connectivity index (χ4n) is 2.29. The van der Waals surface area contributed by atoms with Gasteiger partial charge in [0.25, 0.3) is 0 Å². The van der Waals surface area contributed by atoms with Crippen LogP contribution in [0.3, 0.4) is 0 Å². The molecule has 2 N–H and O–H groups in total. The normalized spacial score (nSPS) is 10.1. The third-order valence-electron chi connectivity index (χ3n) is 3.72. The van der Waals surface area contributed by atoms with Crippen molar-refractivity contribution in [1.82, 2.24) is 10.6 Å². The first-order valence-corrected chi connectivity index (χ1v) is 7.99. The average molecular weight is 328 g/mol. The van der Waals surface area contributed by atoms with E-state index in [9.17, 15) is 4.79 Å². The molecule has 0 aliphatic rings. The van der Waals surface area contributed by atoms with Gasteiger partial charge in [-0.15, -0.1) is 0 Å². The Hall–Kier alpha value is -2.69. The summed E-state index contributed by atoms with van der Waals surface area (Å²) >= 11 is 0. The van der Waals surface area contributed by atoms with Crippen LogP contribution in [-0.2, 0) is 12.8 Å². The minimum absolute atomic E-state index is 0.142. The summed E-state index contributed by atoms with van der Waals surface area (Å²) < 4.78 is 10.2. The van der Waals surface area contributed by atoms with Crippen LogP contribution in [0.25, 0.3) is 0 Å². The topological polar surface area (TPSA) is 59.6 Å². The Bertz CT molecular complexity index is 569. The zero-order valence-corrected chi connectivity index (χ0v) is 14.2. The van der Waals surface area contributed by atoms with Crippen molar-refractivity contribution in [2.24, 2.45) is 0 Å². The number of benzene rings is 2. The molecule has 5 nitrogen and oxygen atoms in total. The Balaban J connectivity index is 1.62. The lowest BCUT2D eigenvalue weighted by Gasteiger charge is -2.08. The highest BCUT2D eigenvalue weighted by Gasteiger charge is 2.01. The summed E-state index contributed by atoms with van der Waals surface area (Å²) in [6.45, 7) is 1.20. The second kappa shape index (κ2) is 9.45. The van der Waals surface area contributed by atoms with Crippen molar-refractivity contribution in [3.05, 3.63) is 59.7 Å². The van der Waals surface area contributed by atoms with E-state index in [2.05, 4.69) is 10.6 Å². The van der Waals surface area contributed by atoms with E-state index >= 15 is 0 Å². The van der Waals surface area contributed by atoms with E-state index in [0.29, 0.717) is 13.1 Å². The molecule has 0 aliphatic carbocycles. The maximum absolute atomic E-state index is 11.8. The van der Waals surface area contributed by atoms with Gasteiger partial charge in [0.05, 0.1) is 14.2 Å². The zero-order chi connectivity index (χ0) is 17.2. The Kier molecular flexibility index (Phi) is 6.95. The van der Waals surface area contributed by atoms with Crippen molar-refractivity contribution in [2.45, 2.75) is 12.8 Å². The highest BCUT2D eigenvalue weighted by atomic mass is 16.5. The lowest BCUT2D eigenvalue weighted by Crippen LogP contribution is -2.37. The number of amides is 2. The molecule has 0 radical (unpaired) electrons. The van der Waals surface area contributed by atoms with Gasteiger partial charge < -0.3 is 20.1 Å². The molecule has 2 amide bonds. The summed E-state index contributed by atoms with van der Waals surface area (Å²) in [5.41, 5.74) is 2.32. The van der Waals surface area contributed by atoms with Crippen molar-refractivity contribution in [2.75, 3.05) is 27.3 Å². The third kappa shape index (κ3) is 5.83. The molecule has 0 aromatic heterocycles. The van der Waals surface area contributed by atoms with E-state index in [0.717, 1.165) is 35.5 Å². The molecule has 0 aliphatic heterocycles. The molecule has 0 heterocycles. The van der Waals surface area contributed by atoms with E-state index < -0.39 is 0 Å². The molecule has 128 valence electrons. The average Bonchev–Trinajstić information content (AvgIpc) is 2.63. The number of methoxy groups -OCH3 is 2. The van der Waals surface area contributed by atoms with E-state index in [1.165, 1.54) is 0 Å². The fraction of sp³-hybridized carbons (Fsp3) is 0.316. The molecular formula is C19H24N2O3. The first-order valence-electron chi connectivity index (χ1n) is 7.99. The summed E-state index contributed by atoms with van der Waals surface area (Å²) in [5, 5.41) is 5.73. The highest BCUT2D eigenvalue weighted by Crippen LogP contribution is 2.12. The molecule has 2 rings (SSSR count). The number of carbonyl (C=O) groups excluding carboxylic acids is 1. The SMILES string of the molecule is COc1ccc(CCNC(=O)NCCc2ccc(OC)cc2)cc1. The van der Waals surface area contributed by atoms with Crippen LogP contribution in [0.15, 0.2) is 48.5 Å². The predicted molar refractivity (Wildman–Crippen MR) is 94.8 cm³/mol. The van der Waals surface area contributed by atoms with Gasteiger partial charge in [0.2, 0.25) is 0 Å². The molecule has 2 aromatic rings. The van der Waals surface area contributed by atoms with Crippen molar-refractivity contribution in [1.29, 1.82) is 0 Å². The molecule has 0 fully saturated rings. The van der Waals surface area contributed by atoms with Crippen LogP contribution in [-0.4, -0.2) is 33.3 Å². The first-order chi connectivity index (χ1) is 11.7. The smallest absolute Gasteiger partial charge is 0.314 e. The molecule has 0 bridgehead atoms. The molecule has 5 heteroatoms. The summed E-state index contributed by atoms with van der Waals surface area (Å²) in [6.07, 6.45) is 1.58. The maximum atomic E-state index is 11.8. The first kappa shape index (κ1) is 17.7. The van der Waals surface area contributed by atoms with Crippen molar-refractivity contribution in [3.8, 4) is 11.5 Å². The Morgan fingerprint density at radius 1 is 0.750 bits per heavy atom. The quantitative estimate of drug-likeness (QED) is 0.783. The van der Waals surface area contributed by atoms with Crippen LogP contribution in [0.1, 0.15) is 11.1 Å². The standard InChI is InChI=1S/C19H24N2O3/c1-23-17-7-3-15(4-8-17)11-13-20-19(22)21-14-12-16-5-9-18(24-2)10-6-16/h3-10H,11-14H2,1-2H3,(H2,20,21,22). The zero-order valence-electron chi connectivity index (χ0n) is 14.2. The Morgan fingerprint density at radius 3 is 1.46 bits per heavy atom. The Morgan fingerprint density at radius 2 is 1.12 bits per heavy atom. The largest absolute Gasteiger partial charge is 0.497 e. The van der Waals surface area contributed by atoms with Crippen LogP contribution in [0.2, 0.25) is 0 Å². The predicted octanol–water partition coefficient (Wildman–Crippen LogP) is 2.79. The summed E-state index contributed by atoms with van der Waals surface area (Å²) in [7, 11) is 3.29. The number of urea groups is 1. The van der Waals surface area contributed by atoms with E-state index in [1.54, 1.807) is 14.2 Å².